The summed E-state index contributed by atoms with van der Waals surface area (Å²) in [5.74, 6) is 1.49. The third kappa shape index (κ3) is 5.70. The first-order chi connectivity index (χ1) is 13.8. The third-order valence-corrected chi connectivity index (χ3v) is 5.28. The maximum absolute atomic E-state index is 5.89. The fourth-order valence-electron chi connectivity index (χ4n) is 3.61. The molecule has 0 N–H and O–H groups in total. The molecule has 152 valence electrons. The Morgan fingerprint density at radius 1 is 0.643 bits per heavy atom. The number of fused-ring (bicyclic) bond motifs is 3. The molecule has 1 aliphatic rings. The highest BCUT2D eigenvalue weighted by Crippen LogP contribution is 2.34. The smallest absolute Gasteiger partial charge is 0.213 e. The number of unbranched alkanes of at least 4 members (excludes halogenated alkanes) is 6. The quantitative estimate of drug-likeness (QED) is 0.412. The Morgan fingerprint density at radius 2 is 1.14 bits per heavy atom. The van der Waals surface area contributed by atoms with Crippen LogP contribution in [0.15, 0.2) is 24.3 Å². The van der Waals surface area contributed by atoms with E-state index in [1.807, 2.05) is 12.1 Å². The second-order valence-corrected chi connectivity index (χ2v) is 7.61. The maximum atomic E-state index is 5.89. The third-order valence-electron chi connectivity index (χ3n) is 5.28. The number of nitrogens with zero attached hydrogens (tertiary/aromatic N) is 2. The Bertz CT molecular complexity index is 745. The van der Waals surface area contributed by atoms with E-state index >= 15 is 0 Å². The van der Waals surface area contributed by atoms with Crippen molar-refractivity contribution in [3.8, 4) is 22.9 Å². The lowest BCUT2D eigenvalue weighted by Crippen LogP contribution is -2.10. The molecule has 0 saturated heterocycles. The highest BCUT2D eigenvalue weighted by Gasteiger charge is 2.19. The van der Waals surface area contributed by atoms with Gasteiger partial charge in [0.2, 0.25) is 11.8 Å². The number of hydrogen-bond donors (Lipinski definition) is 0. The fourth-order valence-corrected chi connectivity index (χ4v) is 3.61. The summed E-state index contributed by atoms with van der Waals surface area (Å²) in [5.41, 5.74) is 4.60. The van der Waals surface area contributed by atoms with Crippen LogP contribution in [-0.4, -0.2) is 23.2 Å². The van der Waals surface area contributed by atoms with Gasteiger partial charge in [0, 0.05) is 23.3 Å². The van der Waals surface area contributed by atoms with Crippen LogP contribution in [0.1, 0.15) is 76.6 Å². The average Bonchev–Trinajstić information content (AvgIpc) is 2.73. The van der Waals surface area contributed by atoms with E-state index in [9.17, 15) is 0 Å². The van der Waals surface area contributed by atoms with Gasteiger partial charge in [0.15, 0.2) is 0 Å². The molecule has 0 amide bonds. The molecule has 0 spiro atoms. The molecule has 0 bridgehead atoms. The van der Waals surface area contributed by atoms with Crippen molar-refractivity contribution in [2.45, 2.75) is 78.1 Å². The molecule has 28 heavy (non-hydrogen) atoms. The lowest BCUT2D eigenvalue weighted by molar-refractivity contribution is 0.292. The molecular weight excluding hydrogens is 348 g/mol. The molecule has 1 aliphatic carbocycles. The van der Waals surface area contributed by atoms with Gasteiger partial charge in [0.05, 0.1) is 24.6 Å². The fraction of sp³-hybridized carbons (Fsp3) is 0.583. The van der Waals surface area contributed by atoms with E-state index < -0.39 is 0 Å². The zero-order valence-corrected chi connectivity index (χ0v) is 17.5. The monoisotopic (exact) mass is 382 g/mol. The SMILES string of the molecule is CCCCCCCCOc1ccc2c(n1)CCc1nc(OCCCC)ccc1-2. The molecule has 4 nitrogen and oxygen atoms in total. The van der Waals surface area contributed by atoms with E-state index in [2.05, 4.69) is 26.0 Å². The highest BCUT2D eigenvalue weighted by molar-refractivity contribution is 5.71. The zero-order chi connectivity index (χ0) is 19.6. The van der Waals surface area contributed by atoms with Crippen LogP contribution >= 0.6 is 0 Å². The molecule has 2 aromatic heterocycles. The molecular formula is C24H34N2O2. The van der Waals surface area contributed by atoms with Gasteiger partial charge in [-0.1, -0.05) is 52.4 Å². The van der Waals surface area contributed by atoms with Gasteiger partial charge in [-0.15, -0.1) is 0 Å². The van der Waals surface area contributed by atoms with E-state index in [1.54, 1.807) is 0 Å². The van der Waals surface area contributed by atoms with Crippen molar-refractivity contribution in [2.75, 3.05) is 13.2 Å². The van der Waals surface area contributed by atoms with Crippen LogP contribution in [0.25, 0.3) is 11.1 Å². The molecule has 0 radical (unpaired) electrons. The van der Waals surface area contributed by atoms with Crippen LogP contribution in [0.3, 0.4) is 0 Å². The molecule has 0 unspecified atom stereocenters. The summed E-state index contributed by atoms with van der Waals surface area (Å²) in [6.07, 6.45) is 11.6. The van der Waals surface area contributed by atoms with Gasteiger partial charge < -0.3 is 9.47 Å². The summed E-state index contributed by atoms with van der Waals surface area (Å²) < 4.78 is 11.7. The summed E-state index contributed by atoms with van der Waals surface area (Å²) in [6.45, 7) is 5.91. The molecule has 2 aromatic rings. The maximum Gasteiger partial charge on any atom is 0.213 e. The molecule has 0 aliphatic heterocycles. The summed E-state index contributed by atoms with van der Waals surface area (Å²) in [6, 6.07) is 8.24. The van der Waals surface area contributed by atoms with Gasteiger partial charge in [-0.2, -0.15) is 0 Å². The van der Waals surface area contributed by atoms with Crippen LogP contribution in [-0.2, 0) is 12.8 Å². The Balaban J connectivity index is 1.55. The molecule has 0 aromatic carbocycles. The predicted molar refractivity (Wildman–Crippen MR) is 114 cm³/mol. The minimum absolute atomic E-state index is 0.736. The van der Waals surface area contributed by atoms with Gasteiger partial charge in [0.1, 0.15) is 0 Å². The highest BCUT2D eigenvalue weighted by atomic mass is 16.5. The number of pyridine rings is 2. The topological polar surface area (TPSA) is 44.2 Å². The minimum Gasteiger partial charge on any atom is -0.478 e. The Hall–Kier alpha value is -2.10. The Morgan fingerprint density at radius 3 is 1.71 bits per heavy atom. The van der Waals surface area contributed by atoms with E-state index in [1.165, 1.54) is 43.2 Å². The van der Waals surface area contributed by atoms with Gasteiger partial charge in [-0.25, -0.2) is 9.97 Å². The van der Waals surface area contributed by atoms with Crippen LogP contribution in [0, 0.1) is 0 Å². The molecule has 0 saturated carbocycles. The zero-order valence-electron chi connectivity index (χ0n) is 17.5. The summed E-state index contributed by atoms with van der Waals surface area (Å²) >= 11 is 0. The summed E-state index contributed by atoms with van der Waals surface area (Å²) in [5, 5.41) is 0. The molecule has 0 atom stereocenters. The van der Waals surface area contributed by atoms with Crippen LogP contribution in [0.4, 0.5) is 0 Å². The number of aromatic nitrogens is 2. The summed E-state index contributed by atoms with van der Waals surface area (Å²) in [4.78, 5) is 9.48. The number of aryl methyl sites for hydroxylation is 2. The minimum atomic E-state index is 0.736. The van der Waals surface area contributed by atoms with E-state index in [0.29, 0.717) is 0 Å². The molecule has 2 heterocycles. The van der Waals surface area contributed by atoms with Gasteiger partial charge >= 0.3 is 0 Å². The second-order valence-electron chi connectivity index (χ2n) is 7.61. The van der Waals surface area contributed by atoms with Crippen molar-refractivity contribution >= 4 is 0 Å². The van der Waals surface area contributed by atoms with Gasteiger partial charge in [-0.3, -0.25) is 0 Å². The van der Waals surface area contributed by atoms with Crippen molar-refractivity contribution in [3.05, 3.63) is 35.7 Å². The Kier molecular flexibility index (Phi) is 8.13. The predicted octanol–water partition coefficient (Wildman–Crippen LogP) is 6.16. The van der Waals surface area contributed by atoms with Crippen molar-refractivity contribution in [3.63, 3.8) is 0 Å². The lowest BCUT2D eigenvalue weighted by atomic mass is 9.92. The first-order valence-corrected chi connectivity index (χ1v) is 11.1. The first-order valence-electron chi connectivity index (χ1n) is 11.1. The van der Waals surface area contributed by atoms with Crippen LogP contribution in [0.2, 0.25) is 0 Å². The Labute approximate surface area is 169 Å². The van der Waals surface area contributed by atoms with E-state index in [-0.39, 0.29) is 0 Å². The lowest BCUT2D eigenvalue weighted by Gasteiger charge is -2.19. The largest absolute Gasteiger partial charge is 0.478 e. The van der Waals surface area contributed by atoms with Crippen molar-refractivity contribution < 1.29 is 9.47 Å². The number of rotatable bonds is 12. The first kappa shape index (κ1) is 20.6. The van der Waals surface area contributed by atoms with Crippen molar-refractivity contribution in [2.24, 2.45) is 0 Å². The average molecular weight is 383 g/mol. The van der Waals surface area contributed by atoms with Crippen molar-refractivity contribution in [1.29, 1.82) is 0 Å². The van der Waals surface area contributed by atoms with Crippen LogP contribution in [0.5, 0.6) is 11.8 Å². The van der Waals surface area contributed by atoms with Crippen LogP contribution < -0.4 is 9.47 Å². The van der Waals surface area contributed by atoms with E-state index in [4.69, 9.17) is 19.4 Å². The van der Waals surface area contributed by atoms with Gasteiger partial charge in [0.25, 0.3) is 0 Å². The molecule has 3 rings (SSSR count). The van der Waals surface area contributed by atoms with Gasteiger partial charge in [-0.05, 0) is 37.8 Å². The normalized spacial score (nSPS) is 12.4. The number of ether oxygens (including phenoxy) is 2. The molecule has 4 heteroatoms. The van der Waals surface area contributed by atoms with E-state index in [0.717, 1.165) is 68.5 Å². The summed E-state index contributed by atoms with van der Waals surface area (Å²) in [7, 11) is 0. The van der Waals surface area contributed by atoms with Crippen molar-refractivity contribution in [1.82, 2.24) is 9.97 Å². The number of hydrogen-bond acceptors (Lipinski definition) is 4. The molecule has 0 fully saturated rings. The standard InChI is InChI=1S/C24H34N2O2/c1-3-5-7-8-9-10-18-28-24-16-12-20-19-11-15-23(27-17-6-4-2)25-21(19)13-14-22(20)26-24/h11-12,15-16H,3-10,13-14,17-18H2,1-2H3. The second kappa shape index (κ2) is 11.0.